The van der Waals surface area contributed by atoms with Crippen molar-refractivity contribution in [3.63, 3.8) is 0 Å². The van der Waals surface area contributed by atoms with Gasteiger partial charge in [0.1, 0.15) is 0 Å². The minimum absolute atomic E-state index is 0.409. The first kappa shape index (κ1) is 25.0. The molecule has 0 aromatic carbocycles. The molecule has 0 aliphatic carbocycles. The van der Waals surface area contributed by atoms with Gasteiger partial charge in [-0.3, -0.25) is 0 Å². The van der Waals surface area contributed by atoms with Crippen LogP contribution in [0.3, 0.4) is 0 Å². The summed E-state index contributed by atoms with van der Waals surface area (Å²) in [6.45, 7) is 18.8. The van der Waals surface area contributed by atoms with Crippen LogP contribution in [0.2, 0.25) is 0 Å². The summed E-state index contributed by atoms with van der Waals surface area (Å²) in [5.41, 5.74) is 0. The van der Waals surface area contributed by atoms with Crippen molar-refractivity contribution in [3.8, 4) is 0 Å². The maximum absolute atomic E-state index is 6.81. The molecule has 0 aromatic rings. The van der Waals surface area contributed by atoms with Crippen molar-refractivity contribution < 1.29 is 4.74 Å². The minimum atomic E-state index is 0.409. The summed E-state index contributed by atoms with van der Waals surface area (Å²) in [5, 5.41) is 0. The number of ether oxygens (including phenoxy) is 1. The smallest absolute Gasteiger partial charge is 0.0627 e. The van der Waals surface area contributed by atoms with Crippen molar-refractivity contribution in [2.45, 2.75) is 132 Å². The number of rotatable bonds is 16. The second-order valence-corrected chi connectivity index (χ2v) is 9.21. The molecule has 0 aliphatic rings. The summed E-state index contributed by atoms with van der Waals surface area (Å²) in [4.78, 5) is 0. The van der Waals surface area contributed by atoms with Gasteiger partial charge in [0.25, 0.3) is 0 Å². The van der Waals surface area contributed by atoms with E-state index in [4.69, 9.17) is 4.74 Å². The van der Waals surface area contributed by atoms with Crippen LogP contribution in [-0.2, 0) is 4.74 Å². The third-order valence-electron chi connectivity index (χ3n) is 5.78. The van der Waals surface area contributed by atoms with Crippen molar-refractivity contribution in [3.05, 3.63) is 0 Å². The van der Waals surface area contributed by atoms with Crippen LogP contribution in [0.4, 0.5) is 0 Å². The molecule has 0 fully saturated rings. The van der Waals surface area contributed by atoms with Gasteiger partial charge in [-0.2, -0.15) is 0 Å². The van der Waals surface area contributed by atoms with Crippen LogP contribution in [0.15, 0.2) is 0 Å². The maximum atomic E-state index is 6.81. The van der Waals surface area contributed by atoms with E-state index in [0.717, 1.165) is 0 Å². The Morgan fingerprint density at radius 1 is 0.520 bits per heavy atom. The molecule has 0 rings (SSSR count). The minimum Gasteiger partial charge on any atom is -0.374 e. The van der Waals surface area contributed by atoms with Gasteiger partial charge in [-0.05, 0) is 36.5 Å². The van der Waals surface area contributed by atoms with Crippen LogP contribution in [-0.4, -0.2) is 12.2 Å². The predicted molar refractivity (Wildman–Crippen MR) is 114 cm³/mol. The van der Waals surface area contributed by atoms with Crippen LogP contribution >= 0.6 is 0 Å². The van der Waals surface area contributed by atoms with Crippen LogP contribution in [0.5, 0.6) is 0 Å². The van der Waals surface area contributed by atoms with Crippen LogP contribution in [0.25, 0.3) is 0 Å². The lowest BCUT2D eigenvalue weighted by Crippen LogP contribution is -2.37. The van der Waals surface area contributed by atoms with Gasteiger partial charge < -0.3 is 4.74 Å². The highest BCUT2D eigenvalue weighted by atomic mass is 16.5. The molecule has 1 heteroatoms. The second kappa shape index (κ2) is 15.1. The normalized spacial score (nSPS) is 17.0. The molecule has 1 nitrogen and oxygen atoms in total. The molecule has 0 amide bonds. The molecular formula is C24H50O. The van der Waals surface area contributed by atoms with E-state index in [9.17, 15) is 0 Å². The molecule has 0 aliphatic heterocycles. The zero-order valence-corrected chi connectivity index (χ0v) is 18.9. The Hall–Kier alpha value is -0.0400. The molecule has 0 saturated heterocycles. The summed E-state index contributed by atoms with van der Waals surface area (Å²) in [5.74, 6) is 2.56. The molecule has 4 unspecified atom stereocenters. The van der Waals surface area contributed by atoms with E-state index >= 15 is 0 Å². The quantitative estimate of drug-likeness (QED) is 0.253. The number of hydrogen-bond donors (Lipinski definition) is 0. The van der Waals surface area contributed by atoms with Crippen LogP contribution < -0.4 is 0 Å². The Kier molecular flexibility index (Phi) is 15.0. The lowest BCUT2D eigenvalue weighted by molar-refractivity contribution is -0.104. The molecular weight excluding hydrogens is 304 g/mol. The Bertz CT molecular complexity index is 256. The lowest BCUT2D eigenvalue weighted by Gasteiger charge is -2.36. The number of hydrogen-bond acceptors (Lipinski definition) is 1. The molecule has 25 heavy (non-hydrogen) atoms. The van der Waals surface area contributed by atoms with Crippen molar-refractivity contribution in [2.75, 3.05) is 0 Å². The van der Waals surface area contributed by atoms with Gasteiger partial charge in [0, 0.05) is 0 Å². The number of unbranched alkanes of at least 4 members (excludes halogenated alkanes) is 6. The Morgan fingerprint density at radius 2 is 0.880 bits per heavy atom. The third-order valence-corrected chi connectivity index (χ3v) is 5.78. The molecule has 0 aromatic heterocycles. The maximum Gasteiger partial charge on any atom is 0.0627 e. The fraction of sp³-hybridized carbons (Fsp3) is 1.00. The van der Waals surface area contributed by atoms with Gasteiger partial charge >= 0.3 is 0 Å². The van der Waals surface area contributed by atoms with E-state index in [-0.39, 0.29) is 0 Å². The Morgan fingerprint density at radius 3 is 1.16 bits per heavy atom. The average Bonchev–Trinajstić information content (AvgIpc) is 2.55. The van der Waals surface area contributed by atoms with Gasteiger partial charge in [-0.25, -0.2) is 0 Å². The highest BCUT2D eigenvalue weighted by molar-refractivity contribution is 4.77. The van der Waals surface area contributed by atoms with Gasteiger partial charge in [-0.15, -0.1) is 0 Å². The first-order valence-corrected chi connectivity index (χ1v) is 11.5. The standard InChI is InChI=1S/C24H50O/c1-9-11-13-15-17-21(7)23(19(3)4)25-24(20(5)6)22(8)18-16-14-12-10-2/h19-24H,9-18H2,1-8H3. The summed E-state index contributed by atoms with van der Waals surface area (Å²) < 4.78 is 6.81. The largest absolute Gasteiger partial charge is 0.374 e. The van der Waals surface area contributed by atoms with Crippen LogP contribution in [0.1, 0.15) is 120 Å². The summed E-state index contributed by atoms with van der Waals surface area (Å²) in [6, 6.07) is 0. The van der Waals surface area contributed by atoms with Crippen LogP contribution in [0, 0.1) is 23.7 Å². The SMILES string of the molecule is CCCCCCC(C)C(OC(C(C)C)C(C)CCCCCC)C(C)C. The highest BCUT2D eigenvalue weighted by Crippen LogP contribution is 2.30. The van der Waals surface area contributed by atoms with Gasteiger partial charge in [0.15, 0.2) is 0 Å². The van der Waals surface area contributed by atoms with Gasteiger partial charge in [0.2, 0.25) is 0 Å². The molecule has 0 N–H and O–H groups in total. The second-order valence-electron chi connectivity index (χ2n) is 9.21. The van der Waals surface area contributed by atoms with E-state index in [2.05, 4.69) is 55.4 Å². The zero-order chi connectivity index (χ0) is 19.2. The van der Waals surface area contributed by atoms with E-state index in [0.29, 0.717) is 35.9 Å². The molecule has 0 saturated carbocycles. The molecule has 4 atom stereocenters. The fourth-order valence-corrected chi connectivity index (χ4v) is 4.19. The summed E-state index contributed by atoms with van der Waals surface area (Å²) >= 11 is 0. The fourth-order valence-electron chi connectivity index (χ4n) is 4.19. The van der Waals surface area contributed by atoms with E-state index in [1.807, 2.05) is 0 Å². The van der Waals surface area contributed by atoms with Crippen molar-refractivity contribution in [1.29, 1.82) is 0 Å². The van der Waals surface area contributed by atoms with E-state index in [1.54, 1.807) is 0 Å². The molecule has 0 radical (unpaired) electrons. The van der Waals surface area contributed by atoms with Crippen molar-refractivity contribution in [2.24, 2.45) is 23.7 Å². The van der Waals surface area contributed by atoms with E-state index < -0.39 is 0 Å². The first-order valence-electron chi connectivity index (χ1n) is 11.5. The van der Waals surface area contributed by atoms with Gasteiger partial charge in [0.05, 0.1) is 12.2 Å². The van der Waals surface area contributed by atoms with E-state index in [1.165, 1.54) is 64.2 Å². The van der Waals surface area contributed by atoms with Crippen molar-refractivity contribution in [1.82, 2.24) is 0 Å². The lowest BCUT2D eigenvalue weighted by atomic mass is 9.87. The average molecular weight is 355 g/mol. The monoisotopic (exact) mass is 354 g/mol. The Labute approximate surface area is 160 Å². The van der Waals surface area contributed by atoms with Crippen molar-refractivity contribution >= 4 is 0 Å². The zero-order valence-electron chi connectivity index (χ0n) is 18.9. The Balaban J connectivity index is 4.61. The molecule has 0 heterocycles. The highest BCUT2D eigenvalue weighted by Gasteiger charge is 2.29. The third kappa shape index (κ3) is 11.3. The topological polar surface area (TPSA) is 9.23 Å². The predicted octanol–water partition coefficient (Wildman–Crippen LogP) is 8.27. The first-order chi connectivity index (χ1) is 11.8. The van der Waals surface area contributed by atoms with Gasteiger partial charge in [-0.1, -0.05) is 107 Å². The molecule has 152 valence electrons. The summed E-state index contributed by atoms with van der Waals surface area (Å²) in [7, 11) is 0. The molecule has 0 bridgehead atoms. The molecule has 0 spiro atoms. The summed E-state index contributed by atoms with van der Waals surface area (Å²) in [6.07, 6.45) is 14.3.